The molecule has 2 heterocycles. The number of rotatable bonds is 5. The average molecular weight is 338 g/mol. The summed E-state index contributed by atoms with van der Waals surface area (Å²) in [5.74, 6) is 0.357. The first kappa shape index (κ1) is 14.7. The summed E-state index contributed by atoms with van der Waals surface area (Å²) >= 11 is 3.38. The van der Waals surface area contributed by atoms with E-state index in [2.05, 4.69) is 26.2 Å². The van der Waals surface area contributed by atoms with E-state index in [4.69, 9.17) is 4.74 Å². The lowest BCUT2D eigenvalue weighted by Crippen LogP contribution is -2.18. The maximum Gasteiger partial charge on any atom is 0.273 e. The third-order valence-corrected chi connectivity index (χ3v) is 3.72. The van der Waals surface area contributed by atoms with E-state index < -0.39 is 0 Å². The van der Waals surface area contributed by atoms with Gasteiger partial charge in [-0.15, -0.1) is 0 Å². The van der Waals surface area contributed by atoms with Crippen LogP contribution in [0, 0.1) is 6.92 Å². The molecule has 6 heteroatoms. The van der Waals surface area contributed by atoms with Crippen molar-refractivity contribution in [3.05, 3.63) is 46.3 Å². The predicted molar refractivity (Wildman–Crippen MR) is 80.9 cm³/mol. The predicted octanol–water partition coefficient (Wildman–Crippen LogP) is 2.85. The molecule has 0 spiro atoms. The number of pyridine rings is 1. The summed E-state index contributed by atoms with van der Waals surface area (Å²) in [6.45, 7) is 3.15. The lowest BCUT2D eigenvalue weighted by Gasteiger charge is -2.09. The molecule has 1 amide bonds. The van der Waals surface area contributed by atoms with E-state index in [1.54, 1.807) is 19.4 Å². The Hall–Kier alpha value is -1.66. The number of carbonyl (C=O) groups is 1. The Bertz CT molecular complexity index is 610. The molecule has 0 saturated heterocycles. The highest BCUT2D eigenvalue weighted by atomic mass is 79.9. The average Bonchev–Trinajstić information content (AvgIpc) is 2.89. The molecule has 0 aliphatic rings. The van der Waals surface area contributed by atoms with Gasteiger partial charge in [-0.3, -0.25) is 4.79 Å². The Morgan fingerprint density at radius 1 is 1.55 bits per heavy atom. The molecule has 1 N–H and O–H groups in total. The van der Waals surface area contributed by atoms with Gasteiger partial charge >= 0.3 is 0 Å². The normalized spacial score (nSPS) is 10.6. The number of halogens is 1. The zero-order valence-corrected chi connectivity index (χ0v) is 13.0. The summed E-state index contributed by atoms with van der Waals surface area (Å²) in [5, 5.41) is 2.80. The number of anilines is 1. The molecule has 0 saturated carbocycles. The van der Waals surface area contributed by atoms with Gasteiger partial charge in [0.05, 0.1) is 6.61 Å². The lowest BCUT2D eigenvalue weighted by molar-refractivity contribution is 0.101. The van der Waals surface area contributed by atoms with Crippen LogP contribution in [0.15, 0.2) is 35.1 Å². The fourth-order valence-electron chi connectivity index (χ4n) is 1.79. The summed E-state index contributed by atoms with van der Waals surface area (Å²) in [6.07, 6.45) is 3.53. The maximum atomic E-state index is 12.2. The number of hydrogen-bond acceptors (Lipinski definition) is 3. The van der Waals surface area contributed by atoms with E-state index in [0.29, 0.717) is 24.7 Å². The van der Waals surface area contributed by atoms with E-state index >= 15 is 0 Å². The highest BCUT2D eigenvalue weighted by molar-refractivity contribution is 9.10. The van der Waals surface area contributed by atoms with Crippen LogP contribution in [0.2, 0.25) is 0 Å². The first-order valence-electron chi connectivity index (χ1n) is 6.19. The number of nitrogens with zero attached hydrogens (tertiary/aromatic N) is 2. The molecule has 0 aliphatic carbocycles. The minimum Gasteiger partial charge on any atom is -0.383 e. The Balaban J connectivity index is 2.11. The molecular formula is C14H16BrN3O2. The molecule has 0 aliphatic heterocycles. The third kappa shape index (κ3) is 3.46. The Kier molecular flexibility index (Phi) is 4.92. The molecule has 0 atom stereocenters. The monoisotopic (exact) mass is 337 g/mol. The van der Waals surface area contributed by atoms with Crippen LogP contribution in [-0.2, 0) is 11.3 Å². The number of nitrogens with one attached hydrogen (secondary N) is 1. The number of carbonyl (C=O) groups excluding carboxylic acids is 1. The van der Waals surface area contributed by atoms with Gasteiger partial charge in [-0.05, 0) is 46.6 Å². The van der Waals surface area contributed by atoms with Gasteiger partial charge in [-0.1, -0.05) is 0 Å². The van der Waals surface area contributed by atoms with Crippen LogP contribution >= 0.6 is 15.9 Å². The lowest BCUT2D eigenvalue weighted by atomic mass is 10.3. The molecule has 5 nitrogen and oxygen atoms in total. The van der Waals surface area contributed by atoms with Crippen LogP contribution in [-0.4, -0.2) is 29.2 Å². The van der Waals surface area contributed by atoms with Crippen molar-refractivity contribution in [3.8, 4) is 0 Å². The van der Waals surface area contributed by atoms with Gasteiger partial charge in [0.25, 0.3) is 5.91 Å². The molecule has 20 heavy (non-hydrogen) atoms. The number of ether oxygens (including phenoxy) is 1. The number of aryl methyl sites for hydroxylation is 1. The summed E-state index contributed by atoms with van der Waals surface area (Å²) in [5.41, 5.74) is 1.61. The molecule has 0 aromatic carbocycles. The third-order valence-electron chi connectivity index (χ3n) is 2.89. The van der Waals surface area contributed by atoms with Crippen LogP contribution in [0.3, 0.4) is 0 Å². The van der Waals surface area contributed by atoms with Gasteiger partial charge in [-0.2, -0.15) is 0 Å². The van der Waals surface area contributed by atoms with Crippen molar-refractivity contribution in [2.24, 2.45) is 0 Å². The summed E-state index contributed by atoms with van der Waals surface area (Å²) < 4.78 is 7.79. The van der Waals surface area contributed by atoms with E-state index in [-0.39, 0.29) is 5.91 Å². The molecule has 0 fully saturated rings. The maximum absolute atomic E-state index is 12.2. The van der Waals surface area contributed by atoms with E-state index in [1.807, 2.05) is 29.8 Å². The molecule has 2 aromatic heterocycles. The Morgan fingerprint density at radius 3 is 3.05 bits per heavy atom. The van der Waals surface area contributed by atoms with Gasteiger partial charge in [0, 0.05) is 30.5 Å². The molecule has 0 radical (unpaired) electrons. The SMILES string of the molecule is COCCn1cccc1C(=O)Nc1cc(C)c(Br)cn1. The van der Waals surface area contributed by atoms with Crippen LogP contribution in [0.25, 0.3) is 0 Å². The van der Waals surface area contributed by atoms with Gasteiger partial charge < -0.3 is 14.6 Å². The highest BCUT2D eigenvalue weighted by Gasteiger charge is 2.11. The van der Waals surface area contributed by atoms with Gasteiger partial charge in [0.1, 0.15) is 11.5 Å². The van der Waals surface area contributed by atoms with E-state index in [1.165, 1.54) is 0 Å². The number of hydrogen-bond donors (Lipinski definition) is 1. The fourth-order valence-corrected chi connectivity index (χ4v) is 2.01. The number of aromatic nitrogens is 2. The molecular weight excluding hydrogens is 322 g/mol. The molecule has 106 valence electrons. The second-order valence-electron chi connectivity index (χ2n) is 4.35. The minimum absolute atomic E-state index is 0.180. The first-order valence-corrected chi connectivity index (χ1v) is 6.98. The van der Waals surface area contributed by atoms with Crippen molar-refractivity contribution in [2.75, 3.05) is 19.0 Å². The number of amides is 1. The zero-order chi connectivity index (χ0) is 14.5. The largest absolute Gasteiger partial charge is 0.383 e. The van der Waals surface area contributed by atoms with E-state index in [9.17, 15) is 4.79 Å². The quantitative estimate of drug-likeness (QED) is 0.912. The summed E-state index contributed by atoms with van der Waals surface area (Å²) in [7, 11) is 1.64. The second-order valence-corrected chi connectivity index (χ2v) is 5.21. The zero-order valence-electron chi connectivity index (χ0n) is 11.4. The fraction of sp³-hybridized carbons (Fsp3) is 0.286. The highest BCUT2D eigenvalue weighted by Crippen LogP contribution is 2.17. The molecule has 2 rings (SSSR count). The molecule has 2 aromatic rings. The van der Waals surface area contributed by atoms with Crippen molar-refractivity contribution in [2.45, 2.75) is 13.5 Å². The van der Waals surface area contributed by atoms with Crippen molar-refractivity contribution in [3.63, 3.8) is 0 Å². The van der Waals surface area contributed by atoms with Crippen LogP contribution < -0.4 is 5.32 Å². The number of methoxy groups -OCH3 is 1. The van der Waals surface area contributed by atoms with E-state index in [0.717, 1.165) is 10.0 Å². The first-order chi connectivity index (χ1) is 9.61. The van der Waals surface area contributed by atoms with Gasteiger partial charge in [0.2, 0.25) is 0 Å². The van der Waals surface area contributed by atoms with Crippen LogP contribution in [0.5, 0.6) is 0 Å². The topological polar surface area (TPSA) is 56.1 Å². The Labute approximate surface area is 126 Å². The standard InChI is InChI=1S/C14H16BrN3O2/c1-10-8-13(16-9-11(10)15)17-14(19)12-4-3-5-18(12)6-7-20-2/h3-5,8-9H,6-7H2,1-2H3,(H,16,17,19). The summed E-state index contributed by atoms with van der Waals surface area (Å²) in [6, 6.07) is 5.44. The van der Waals surface area contributed by atoms with Gasteiger partial charge in [-0.25, -0.2) is 4.98 Å². The minimum atomic E-state index is -0.180. The van der Waals surface area contributed by atoms with Gasteiger partial charge in [0.15, 0.2) is 0 Å². The van der Waals surface area contributed by atoms with Crippen LogP contribution in [0.4, 0.5) is 5.82 Å². The second kappa shape index (κ2) is 6.67. The van der Waals surface area contributed by atoms with Crippen molar-refractivity contribution in [1.29, 1.82) is 0 Å². The molecule has 0 bridgehead atoms. The smallest absolute Gasteiger partial charge is 0.273 e. The van der Waals surface area contributed by atoms with Crippen molar-refractivity contribution in [1.82, 2.24) is 9.55 Å². The van der Waals surface area contributed by atoms with Crippen molar-refractivity contribution >= 4 is 27.7 Å². The Morgan fingerprint density at radius 2 is 2.35 bits per heavy atom. The van der Waals surface area contributed by atoms with Crippen LogP contribution in [0.1, 0.15) is 16.1 Å². The van der Waals surface area contributed by atoms with Crippen molar-refractivity contribution < 1.29 is 9.53 Å². The summed E-state index contributed by atoms with van der Waals surface area (Å²) in [4.78, 5) is 16.4. The molecule has 0 unspecified atom stereocenters.